The number of hydrogen-bond acceptors (Lipinski definition) is 5. The highest BCUT2D eigenvalue weighted by molar-refractivity contribution is 7.14. The van der Waals surface area contributed by atoms with Gasteiger partial charge in [0.2, 0.25) is 5.91 Å². The number of rotatable bonds is 1. The minimum atomic E-state index is -2.48. The molecule has 100 valence electrons. The number of nitrogens with zero attached hydrogens (tertiary/aromatic N) is 1. The Balaban J connectivity index is 1.94. The van der Waals surface area contributed by atoms with Crippen molar-refractivity contribution in [2.75, 3.05) is 5.73 Å². The number of nitrogens with one attached hydrogen (secondary N) is 1. The van der Waals surface area contributed by atoms with Crippen LogP contribution in [0.2, 0.25) is 0 Å². The minimum absolute atomic E-state index is 0.0401. The van der Waals surface area contributed by atoms with E-state index in [1.165, 1.54) is 11.3 Å². The van der Waals surface area contributed by atoms with Gasteiger partial charge in [0.15, 0.2) is 0 Å². The smallest absolute Gasteiger partial charge is 0.285 e. The van der Waals surface area contributed by atoms with E-state index < -0.39 is 23.5 Å². The van der Waals surface area contributed by atoms with Gasteiger partial charge >= 0.3 is 0 Å². The molecule has 3 heterocycles. The molecule has 0 aliphatic carbocycles. The molecule has 3 amide bonds. The number of carbonyl (C=O) groups excluding carboxylic acids is 3. The number of anilines is 1. The van der Waals surface area contributed by atoms with Crippen LogP contribution in [-0.2, 0) is 16.1 Å². The number of thiophene rings is 1. The Hall–Kier alpha value is -1.96. The Morgan fingerprint density at radius 1 is 1.42 bits per heavy atom. The quantitative estimate of drug-likeness (QED) is 0.576. The SMILES string of the molecule is Nc1scc2c1CN([C@]1(F)CCC(=O)NC1=O)C2=O. The van der Waals surface area contributed by atoms with Crippen LogP contribution in [0.25, 0.3) is 0 Å². The van der Waals surface area contributed by atoms with Crippen LogP contribution in [0.15, 0.2) is 5.38 Å². The van der Waals surface area contributed by atoms with Crippen LogP contribution in [-0.4, -0.2) is 28.4 Å². The summed E-state index contributed by atoms with van der Waals surface area (Å²) in [6, 6.07) is 0. The van der Waals surface area contributed by atoms with E-state index in [1.54, 1.807) is 5.38 Å². The Kier molecular flexibility index (Phi) is 2.40. The maximum atomic E-state index is 14.8. The molecule has 0 unspecified atom stereocenters. The molecule has 6 nitrogen and oxygen atoms in total. The van der Waals surface area contributed by atoms with Crippen molar-refractivity contribution in [2.45, 2.75) is 25.2 Å². The van der Waals surface area contributed by atoms with Crippen LogP contribution in [0.5, 0.6) is 0 Å². The predicted octanol–water partition coefficient (Wildman–Crippen LogP) is 0.388. The topological polar surface area (TPSA) is 92.5 Å². The molecule has 3 N–H and O–H groups in total. The molecule has 0 bridgehead atoms. The average molecular weight is 283 g/mol. The highest BCUT2D eigenvalue weighted by Gasteiger charge is 2.53. The lowest BCUT2D eigenvalue weighted by molar-refractivity contribution is -0.154. The van der Waals surface area contributed by atoms with Crippen LogP contribution >= 0.6 is 11.3 Å². The summed E-state index contributed by atoms with van der Waals surface area (Å²) < 4.78 is 14.8. The van der Waals surface area contributed by atoms with Gasteiger partial charge in [-0.1, -0.05) is 0 Å². The second kappa shape index (κ2) is 3.77. The monoisotopic (exact) mass is 283 g/mol. The fourth-order valence-electron chi connectivity index (χ4n) is 2.34. The molecule has 8 heteroatoms. The summed E-state index contributed by atoms with van der Waals surface area (Å²) in [4.78, 5) is 35.7. The zero-order valence-electron chi connectivity index (χ0n) is 9.73. The molecule has 0 saturated carbocycles. The number of fused-ring (bicyclic) bond motifs is 1. The fourth-order valence-corrected chi connectivity index (χ4v) is 3.14. The van der Waals surface area contributed by atoms with E-state index in [2.05, 4.69) is 0 Å². The van der Waals surface area contributed by atoms with Crippen molar-refractivity contribution >= 4 is 34.1 Å². The molecule has 0 spiro atoms. The third kappa shape index (κ3) is 1.56. The van der Waals surface area contributed by atoms with E-state index in [-0.39, 0.29) is 19.4 Å². The van der Waals surface area contributed by atoms with E-state index >= 15 is 0 Å². The normalized spacial score (nSPS) is 26.6. The van der Waals surface area contributed by atoms with E-state index in [4.69, 9.17) is 5.73 Å². The van der Waals surface area contributed by atoms with Gasteiger partial charge in [-0.25, -0.2) is 4.39 Å². The van der Waals surface area contributed by atoms with Gasteiger partial charge in [-0.2, -0.15) is 0 Å². The molecule has 2 aliphatic rings. The van der Waals surface area contributed by atoms with Gasteiger partial charge in [0.1, 0.15) is 0 Å². The number of imide groups is 1. The largest absolute Gasteiger partial charge is 0.390 e. The average Bonchev–Trinajstić information content (AvgIpc) is 2.87. The van der Waals surface area contributed by atoms with Gasteiger partial charge in [-0.05, 0) is 0 Å². The molecule has 0 radical (unpaired) electrons. The number of halogens is 1. The predicted molar refractivity (Wildman–Crippen MR) is 64.8 cm³/mol. The Morgan fingerprint density at radius 3 is 2.79 bits per heavy atom. The number of amides is 3. The first-order valence-electron chi connectivity index (χ1n) is 5.64. The third-order valence-electron chi connectivity index (χ3n) is 3.43. The molecule has 1 fully saturated rings. The summed E-state index contributed by atoms with van der Waals surface area (Å²) >= 11 is 1.21. The molecule has 1 saturated heterocycles. The van der Waals surface area contributed by atoms with E-state index in [1.807, 2.05) is 5.32 Å². The second-order valence-electron chi connectivity index (χ2n) is 4.52. The highest BCUT2D eigenvalue weighted by Crippen LogP contribution is 2.39. The van der Waals surface area contributed by atoms with E-state index in [0.29, 0.717) is 16.1 Å². The highest BCUT2D eigenvalue weighted by atomic mass is 32.1. The lowest BCUT2D eigenvalue weighted by Crippen LogP contribution is -2.60. The summed E-state index contributed by atoms with van der Waals surface area (Å²) in [5.41, 5.74) is 6.60. The standard InChI is InChI=1S/C11H10FN3O3S/c12-11(2-1-7(16)14-10(11)18)15-3-5-6(9(15)17)4-19-8(5)13/h4H,1-3,13H2,(H,14,16,18)/t11-/m1/s1. The van der Waals surface area contributed by atoms with Crippen LogP contribution in [0.1, 0.15) is 28.8 Å². The summed E-state index contributed by atoms with van der Waals surface area (Å²) in [5, 5.41) is 3.93. The van der Waals surface area contributed by atoms with Crippen molar-refractivity contribution < 1.29 is 18.8 Å². The van der Waals surface area contributed by atoms with Crippen molar-refractivity contribution in [3.8, 4) is 0 Å². The number of nitrogen functional groups attached to an aromatic ring is 1. The maximum absolute atomic E-state index is 14.8. The zero-order chi connectivity index (χ0) is 13.8. The van der Waals surface area contributed by atoms with Gasteiger partial charge in [-0.3, -0.25) is 24.6 Å². The van der Waals surface area contributed by atoms with E-state index in [0.717, 1.165) is 4.90 Å². The zero-order valence-corrected chi connectivity index (χ0v) is 10.6. The van der Waals surface area contributed by atoms with Crippen molar-refractivity contribution in [3.05, 3.63) is 16.5 Å². The second-order valence-corrected chi connectivity index (χ2v) is 5.43. The molecule has 1 aromatic heterocycles. The fraction of sp³-hybridized carbons (Fsp3) is 0.364. The van der Waals surface area contributed by atoms with Gasteiger partial charge in [0.25, 0.3) is 17.6 Å². The Morgan fingerprint density at radius 2 is 2.16 bits per heavy atom. The van der Waals surface area contributed by atoms with Gasteiger partial charge in [-0.15, -0.1) is 11.3 Å². The van der Waals surface area contributed by atoms with Crippen molar-refractivity contribution in [1.29, 1.82) is 0 Å². The Bertz CT molecular complexity index is 614. The van der Waals surface area contributed by atoms with Crippen molar-refractivity contribution in [2.24, 2.45) is 0 Å². The van der Waals surface area contributed by atoms with Crippen molar-refractivity contribution in [1.82, 2.24) is 10.2 Å². The number of nitrogens with two attached hydrogens (primary N) is 1. The molecule has 1 atom stereocenters. The minimum Gasteiger partial charge on any atom is -0.390 e. The summed E-state index contributed by atoms with van der Waals surface area (Å²) in [6.07, 6.45) is -0.453. The summed E-state index contributed by atoms with van der Waals surface area (Å²) in [7, 11) is 0. The Labute approximate surface area is 111 Å². The maximum Gasteiger partial charge on any atom is 0.285 e. The molecule has 19 heavy (non-hydrogen) atoms. The first-order chi connectivity index (χ1) is 8.93. The number of alkyl halides is 1. The van der Waals surface area contributed by atoms with Crippen LogP contribution < -0.4 is 11.1 Å². The van der Waals surface area contributed by atoms with E-state index in [9.17, 15) is 18.8 Å². The molecule has 2 aliphatic heterocycles. The molecule has 1 aromatic rings. The molecule has 3 rings (SSSR count). The molecule has 0 aromatic carbocycles. The van der Waals surface area contributed by atoms with Gasteiger partial charge in [0.05, 0.1) is 17.1 Å². The molecular formula is C11H10FN3O3S. The first kappa shape index (κ1) is 12.1. The summed E-state index contributed by atoms with van der Waals surface area (Å²) in [5.74, 6) is -4.65. The number of hydrogen-bond donors (Lipinski definition) is 2. The van der Waals surface area contributed by atoms with Crippen LogP contribution in [0, 0.1) is 0 Å². The lowest BCUT2D eigenvalue weighted by Gasteiger charge is -2.35. The first-order valence-corrected chi connectivity index (χ1v) is 6.52. The van der Waals surface area contributed by atoms with Gasteiger partial charge < -0.3 is 5.73 Å². The number of piperidine rings is 1. The third-order valence-corrected chi connectivity index (χ3v) is 4.28. The van der Waals surface area contributed by atoms with Gasteiger partial charge in [0, 0.05) is 23.8 Å². The van der Waals surface area contributed by atoms with Crippen LogP contribution in [0.4, 0.5) is 9.39 Å². The molecular weight excluding hydrogens is 273 g/mol. The van der Waals surface area contributed by atoms with Crippen molar-refractivity contribution in [3.63, 3.8) is 0 Å². The lowest BCUT2D eigenvalue weighted by atomic mass is 10.0. The summed E-state index contributed by atoms with van der Waals surface area (Å²) in [6.45, 7) is -0.0401. The number of carbonyl (C=O) groups is 3. The van der Waals surface area contributed by atoms with Crippen LogP contribution in [0.3, 0.4) is 0 Å².